The maximum atomic E-state index is 5.00. The summed E-state index contributed by atoms with van der Waals surface area (Å²) in [7, 11) is 1.74. The molecule has 0 radical (unpaired) electrons. The van der Waals surface area contributed by atoms with Crippen LogP contribution in [0.15, 0.2) is 12.3 Å². The summed E-state index contributed by atoms with van der Waals surface area (Å²) in [6, 6.07) is 0. The molecule has 2 nitrogen and oxygen atoms in total. The van der Waals surface area contributed by atoms with Crippen molar-refractivity contribution in [2.75, 3.05) is 13.7 Å². The highest BCUT2D eigenvalue weighted by molar-refractivity contribution is 7.80. The zero-order valence-electron chi connectivity index (χ0n) is 5.73. The predicted octanol–water partition coefficient (Wildman–Crippen LogP) is 1.08. The first-order valence-electron chi connectivity index (χ1n) is 2.76. The van der Waals surface area contributed by atoms with Gasteiger partial charge in [0.1, 0.15) is 10.7 Å². The molecule has 0 aromatic heterocycles. The van der Waals surface area contributed by atoms with Crippen LogP contribution in [0.3, 0.4) is 0 Å². The fraction of sp³-hybridized carbons (Fsp3) is 0.500. The molecule has 1 N–H and O–H groups in total. The highest BCUT2D eigenvalue weighted by Gasteiger charge is 1.96. The third-order valence-electron chi connectivity index (χ3n) is 0.799. The van der Waals surface area contributed by atoms with Gasteiger partial charge in [-0.1, -0.05) is 18.8 Å². The van der Waals surface area contributed by atoms with Gasteiger partial charge < -0.3 is 10.1 Å². The van der Waals surface area contributed by atoms with Crippen LogP contribution < -0.4 is 5.32 Å². The molecule has 0 aliphatic heterocycles. The van der Waals surface area contributed by atoms with E-state index in [1.807, 2.05) is 6.92 Å². The van der Waals surface area contributed by atoms with Crippen molar-refractivity contribution in [3.05, 3.63) is 12.3 Å². The van der Waals surface area contributed by atoms with Crippen LogP contribution in [-0.2, 0) is 4.74 Å². The highest BCUT2D eigenvalue weighted by atomic mass is 32.1. The lowest BCUT2D eigenvalue weighted by Gasteiger charge is -2.05. The molecule has 9 heavy (non-hydrogen) atoms. The van der Waals surface area contributed by atoms with Crippen LogP contribution in [0.5, 0.6) is 0 Å². The second-order valence-electron chi connectivity index (χ2n) is 1.44. The SMILES string of the molecule is C=C(OCC)C(=S)NC. The Bertz CT molecular complexity index is 122. The lowest BCUT2D eigenvalue weighted by Crippen LogP contribution is -2.18. The third-order valence-corrected chi connectivity index (χ3v) is 1.23. The van der Waals surface area contributed by atoms with Crippen LogP contribution in [0.1, 0.15) is 6.92 Å². The van der Waals surface area contributed by atoms with Crippen molar-refractivity contribution in [2.24, 2.45) is 0 Å². The fourth-order valence-electron chi connectivity index (χ4n) is 0.379. The molecule has 0 unspecified atom stereocenters. The Morgan fingerprint density at radius 2 is 2.33 bits per heavy atom. The molecule has 0 aromatic carbocycles. The van der Waals surface area contributed by atoms with Crippen LogP contribution in [0, 0.1) is 0 Å². The van der Waals surface area contributed by atoms with Crippen LogP contribution in [0.2, 0.25) is 0 Å². The van der Waals surface area contributed by atoms with Crippen molar-refractivity contribution >= 4 is 17.2 Å². The van der Waals surface area contributed by atoms with Crippen LogP contribution in [-0.4, -0.2) is 18.6 Å². The molecule has 0 fully saturated rings. The zero-order valence-corrected chi connectivity index (χ0v) is 6.55. The van der Waals surface area contributed by atoms with Gasteiger partial charge in [0.2, 0.25) is 0 Å². The fourth-order valence-corrected chi connectivity index (χ4v) is 0.438. The Morgan fingerprint density at radius 1 is 1.78 bits per heavy atom. The van der Waals surface area contributed by atoms with E-state index < -0.39 is 0 Å². The Morgan fingerprint density at radius 3 is 2.67 bits per heavy atom. The topological polar surface area (TPSA) is 21.3 Å². The summed E-state index contributed by atoms with van der Waals surface area (Å²) in [5.41, 5.74) is 0. The monoisotopic (exact) mass is 145 g/mol. The Balaban J connectivity index is 3.60. The first kappa shape index (κ1) is 8.43. The molecule has 52 valence electrons. The molecule has 3 heteroatoms. The van der Waals surface area contributed by atoms with Crippen LogP contribution in [0.4, 0.5) is 0 Å². The number of likely N-dealkylation sites (N-methyl/N-ethyl adjacent to an activating group) is 1. The molecule has 0 heterocycles. The second kappa shape index (κ2) is 4.32. The molecule has 0 rings (SSSR count). The molecule has 0 bridgehead atoms. The van der Waals surface area contributed by atoms with E-state index in [9.17, 15) is 0 Å². The summed E-state index contributed by atoms with van der Waals surface area (Å²) in [6.07, 6.45) is 0. The maximum Gasteiger partial charge on any atom is 0.146 e. The summed E-state index contributed by atoms with van der Waals surface area (Å²) in [6.45, 7) is 6.09. The van der Waals surface area contributed by atoms with E-state index in [0.717, 1.165) is 0 Å². The first-order valence-corrected chi connectivity index (χ1v) is 3.17. The van der Waals surface area contributed by atoms with Crippen molar-refractivity contribution < 1.29 is 4.74 Å². The molecule has 0 aromatic rings. The summed E-state index contributed by atoms with van der Waals surface area (Å²) < 4.78 is 5.00. The molecule has 0 aliphatic carbocycles. The molecular formula is C6H11NOS. The normalized spacial score (nSPS) is 8.22. The standard InChI is InChI=1S/C6H11NOS/c1-4-8-5(2)6(9)7-3/h2,4H2,1,3H3,(H,7,9). The van der Waals surface area contributed by atoms with E-state index in [4.69, 9.17) is 17.0 Å². The van der Waals surface area contributed by atoms with Crippen LogP contribution >= 0.6 is 12.2 Å². The van der Waals surface area contributed by atoms with E-state index >= 15 is 0 Å². The van der Waals surface area contributed by atoms with E-state index in [1.165, 1.54) is 0 Å². The summed E-state index contributed by atoms with van der Waals surface area (Å²) in [5, 5.41) is 2.76. The summed E-state index contributed by atoms with van der Waals surface area (Å²) in [5.74, 6) is 0.537. The van der Waals surface area contributed by atoms with Crippen molar-refractivity contribution in [3.8, 4) is 0 Å². The van der Waals surface area contributed by atoms with Crippen molar-refractivity contribution in [3.63, 3.8) is 0 Å². The summed E-state index contributed by atoms with van der Waals surface area (Å²) in [4.78, 5) is 0.567. The summed E-state index contributed by atoms with van der Waals surface area (Å²) >= 11 is 4.81. The minimum atomic E-state index is 0.537. The van der Waals surface area contributed by atoms with Gasteiger partial charge >= 0.3 is 0 Å². The largest absolute Gasteiger partial charge is 0.491 e. The van der Waals surface area contributed by atoms with Crippen molar-refractivity contribution in [1.29, 1.82) is 0 Å². The smallest absolute Gasteiger partial charge is 0.146 e. The number of ether oxygens (including phenoxy) is 1. The van der Waals surface area contributed by atoms with E-state index in [1.54, 1.807) is 7.05 Å². The zero-order chi connectivity index (χ0) is 7.28. The third kappa shape index (κ3) is 3.08. The van der Waals surface area contributed by atoms with Crippen molar-refractivity contribution in [2.45, 2.75) is 6.92 Å². The van der Waals surface area contributed by atoms with Gasteiger partial charge in [0.05, 0.1) is 6.61 Å². The molecule has 0 spiro atoms. The van der Waals surface area contributed by atoms with Crippen molar-refractivity contribution in [1.82, 2.24) is 5.32 Å². The Kier molecular flexibility index (Phi) is 4.05. The average molecular weight is 145 g/mol. The maximum absolute atomic E-state index is 5.00. The van der Waals surface area contributed by atoms with Gasteiger partial charge in [-0.3, -0.25) is 0 Å². The molecule has 0 amide bonds. The lowest BCUT2D eigenvalue weighted by molar-refractivity contribution is 0.251. The van der Waals surface area contributed by atoms with E-state index in [-0.39, 0.29) is 0 Å². The number of rotatable bonds is 3. The van der Waals surface area contributed by atoms with Gasteiger partial charge in [0.15, 0.2) is 0 Å². The van der Waals surface area contributed by atoms with E-state index in [0.29, 0.717) is 17.4 Å². The molecular weight excluding hydrogens is 134 g/mol. The lowest BCUT2D eigenvalue weighted by atomic mass is 10.5. The highest BCUT2D eigenvalue weighted by Crippen LogP contribution is 1.93. The molecule has 0 atom stereocenters. The second-order valence-corrected chi connectivity index (χ2v) is 1.84. The van der Waals surface area contributed by atoms with Gasteiger partial charge in [0, 0.05) is 7.05 Å². The van der Waals surface area contributed by atoms with E-state index in [2.05, 4.69) is 11.9 Å². The van der Waals surface area contributed by atoms with Gasteiger partial charge in [-0.05, 0) is 6.92 Å². The van der Waals surface area contributed by atoms with Gasteiger partial charge in [0.25, 0.3) is 0 Å². The van der Waals surface area contributed by atoms with Crippen LogP contribution in [0.25, 0.3) is 0 Å². The number of hydrogen-bond acceptors (Lipinski definition) is 2. The Labute approximate surface area is 60.9 Å². The molecule has 0 aliphatic rings. The molecule has 0 saturated carbocycles. The average Bonchev–Trinajstić information content (AvgIpc) is 1.87. The minimum absolute atomic E-state index is 0.537. The van der Waals surface area contributed by atoms with Gasteiger partial charge in [-0.15, -0.1) is 0 Å². The predicted molar refractivity (Wildman–Crippen MR) is 42.4 cm³/mol. The number of thiocarbonyl (C=S) groups is 1. The number of nitrogens with one attached hydrogen (secondary N) is 1. The quantitative estimate of drug-likeness (QED) is 0.365. The first-order chi connectivity index (χ1) is 4.22. The van der Waals surface area contributed by atoms with Gasteiger partial charge in [-0.25, -0.2) is 0 Å². The Hall–Kier alpha value is -0.570. The van der Waals surface area contributed by atoms with Gasteiger partial charge in [-0.2, -0.15) is 0 Å². The minimum Gasteiger partial charge on any atom is -0.491 e. The number of hydrogen-bond donors (Lipinski definition) is 1. The molecule has 0 saturated heterocycles.